The first-order valence-electron chi connectivity index (χ1n) is 9.22. The minimum Gasteiger partial charge on any atom is -0.396 e. The van der Waals surface area contributed by atoms with Crippen molar-refractivity contribution in [3.8, 4) is 0 Å². The molecule has 25 heavy (non-hydrogen) atoms. The molecule has 0 spiro atoms. The molecule has 0 amide bonds. The summed E-state index contributed by atoms with van der Waals surface area (Å²) in [4.78, 5) is 0. The Bertz CT molecular complexity index is 789. The summed E-state index contributed by atoms with van der Waals surface area (Å²) in [6.07, 6.45) is 5.38. The van der Waals surface area contributed by atoms with E-state index in [-0.39, 0.29) is 0 Å². The number of hydrogen-bond acceptors (Lipinski definition) is 2. The van der Waals surface area contributed by atoms with Crippen molar-refractivity contribution in [1.29, 1.82) is 0 Å². The predicted molar refractivity (Wildman–Crippen MR) is 105 cm³/mol. The van der Waals surface area contributed by atoms with E-state index in [9.17, 15) is 0 Å². The zero-order chi connectivity index (χ0) is 17.5. The number of hydrogen-bond donors (Lipinski definition) is 2. The Labute approximate surface area is 150 Å². The number of fused-ring (bicyclic) bond motifs is 1. The maximum atomic E-state index is 8.84. The maximum Gasteiger partial charge on any atom is 0.0486 e. The number of rotatable bonds is 9. The van der Waals surface area contributed by atoms with Gasteiger partial charge in [0.05, 0.1) is 0 Å². The summed E-state index contributed by atoms with van der Waals surface area (Å²) >= 11 is 0. The van der Waals surface area contributed by atoms with E-state index in [4.69, 9.17) is 5.11 Å². The minimum atomic E-state index is 0.298. The van der Waals surface area contributed by atoms with Crippen molar-refractivity contribution >= 4 is 10.9 Å². The SMILES string of the molecule is Cc1ccc(Cn2cc(CNCCCCCO)c3ccccc32)cc1. The molecule has 0 aliphatic carbocycles. The molecule has 0 aliphatic heterocycles. The van der Waals surface area contributed by atoms with Gasteiger partial charge in [-0.3, -0.25) is 0 Å². The topological polar surface area (TPSA) is 37.2 Å². The number of unbranched alkanes of at least 4 members (excludes halogenated alkanes) is 2. The average molecular weight is 336 g/mol. The van der Waals surface area contributed by atoms with E-state index in [0.29, 0.717) is 6.61 Å². The first-order chi connectivity index (χ1) is 12.3. The fourth-order valence-electron chi connectivity index (χ4n) is 3.25. The number of para-hydroxylation sites is 1. The summed E-state index contributed by atoms with van der Waals surface area (Å²) in [7, 11) is 0. The highest BCUT2D eigenvalue weighted by atomic mass is 16.2. The molecule has 132 valence electrons. The molecule has 0 radical (unpaired) electrons. The average Bonchev–Trinajstić information content (AvgIpc) is 2.98. The Hall–Kier alpha value is -2.10. The van der Waals surface area contributed by atoms with Gasteiger partial charge < -0.3 is 15.0 Å². The van der Waals surface area contributed by atoms with Gasteiger partial charge in [-0.1, -0.05) is 48.0 Å². The molecule has 0 saturated heterocycles. The molecule has 3 aromatic rings. The molecule has 0 aliphatic rings. The van der Waals surface area contributed by atoms with Crippen LogP contribution in [0, 0.1) is 6.92 Å². The zero-order valence-corrected chi connectivity index (χ0v) is 15.0. The lowest BCUT2D eigenvalue weighted by Crippen LogP contribution is -2.14. The summed E-state index contributed by atoms with van der Waals surface area (Å²) in [6, 6.07) is 17.4. The molecule has 1 aromatic heterocycles. The van der Waals surface area contributed by atoms with E-state index in [1.165, 1.54) is 27.6 Å². The molecule has 3 nitrogen and oxygen atoms in total. The molecule has 0 unspecified atom stereocenters. The van der Waals surface area contributed by atoms with E-state index in [0.717, 1.165) is 38.9 Å². The van der Waals surface area contributed by atoms with Gasteiger partial charge in [0.25, 0.3) is 0 Å². The lowest BCUT2D eigenvalue weighted by molar-refractivity contribution is 0.283. The first-order valence-corrected chi connectivity index (χ1v) is 9.22. The van der Waals surface area contributed by atoms with Crippen LogP contribution in [0.15, 0.2) is 54.7 Å². The van der Waals surface area contributed by atoms with Crippen LogP contribution in [0.25, 0.3) is 10.9 Å². The number of aliphatic hydroxyl groups is 1. The van der Waals surface area contributed by atoms with Crippen molar-refractivity contribution in [3.63, 3.8) is 0 Å². The van der Waals surface area contributed by atoms with Gasteiger partial charge in [-0.2, -0.15) is 0 Å². The Kier molecular flexibility index (Phi) is 6.26. The monoisotopic (exact) mass is 336 g/mol. The van der Waals surface area contributed by atoms with Crippen LogP contribution in [-0.4, -0.2) is 22.8 Å². The van der Waals surface area contributed by atoms with Crippen molar-refractivity contribution in [3.05, 3.63) is 71.4 Å². The van der Waals surface area contributed by atoms with Crippen LogP contribution in [0.2, 0.25) is 0 Å². The second-order valence-corrected chi connectivity index (χ2v) is 6.75. The Morgan fingerprint density at radius 3 is 2.56 bits per heavy atom. The van der Waals surface area contributed by atoms with Crippen LogP contribution in [0.4, 0.5) is 0 Å². The fourth-order valence-corrected chi connectivity index (χ4v) is 3.25. The number of nitrogens with one attached hydrogen (secondary N) is 1. The minimum absolute atomic E-state index is 0.298. The molecule has 3 heteroatoms. The van der Waals surface area contributed by atoms with Crippen molar-refractivity contribution in [2.24, 2.45) is 0 Å². The van der Waals surface area contributed by atoms with Crippen LogP contribution in [0.5, 0.6) is 0 Å². The second kappa shape index (κ2) is 8.84. The highest BCUT2D eigenvalue weighted by Gasteiger charge is 2.08. The van der Waals surface area contributed by atoms with Crippen molar-refractivity contribution < 1.29 is 5.11 Å². The molecule has 3 rings (SSSR count). The summed E-state index contributed by atoms with van der Waals surface area (Å²) in [5.74, 6) is 0. The predicted octanol–water partition coefficient (Wildman–Crippen LogP) is 4.25. The summed E-state index contributed by atoms with van der Waals surface area (Å²) in [5.41, 5.74) is 5.27. The van der Waals surface area contributed by atoms with Gasteiger partial charge in [0, 0.05) is 36.8 Å². The van der Waals surface area contributed by atoms with E-state index >= 15 is 0 Å². The van der Waals surface area contributed by atoms with Crippen molar-refractivity contribution in [2.75, 3.05) is 13.2 Å². The number of nitrogens with zero attached hydrogens (tertiary/aromatic N) is 1. The zero-order valence-electron chi connectivity index (χ0n) is 15.0. The van der Waals surface area contributed by atoms with Crippen LogP contribution < -0.4 is 5.32 Å². The van der Waals surface area contributed by atoms with E-state index < -0.39 is 0 Å². The third-order valence-corrected chi connectivity index (χ3v) is 4.67. The Morgan fingerprint density at radius 1 is 0.960 bits per heavy atom. The third-order valence-electron chi connectivity index (χ3n) is 4.67. The molecule has 1 heterocycles. The smallest absolute Gasteiger partial charge is 0.0486 e. The van der Waals surface area contributed by atoms with Crippen molar-refractivity contribution in [2.45, 2.75) is 39.3 Å². The molecular formula is C22H28N2O. The molecule has 2 aromatic carbocycles. The summed E-state index contributed by atoms with van der Waals surface area (Å²) < 4.78 is 2.35. The van der Waals surface area contributed by atoms with E-state index in [1.54, 1.807) is 0 Å². The second-order valence-electron chi connectivity index (χ2n) is 6.75. The Balaban J connectivity index is 1.70. The van der Waals surface area contributed by atoms with Gasteiger partial charge in [0.1, 0.15) is 0 Å². The molecule has 2 N–H and O–H groups in total. The molecule has 0 bridgehead atoms. The summed E-state index contributed by atoms with van der Waals surface area (Å²) in [5, 5.41) is 13.7. The fraction of sp³-hybridized carbons (Fsp3) is 0.364. The molecule has 0 saturated carbocycles. The van der Waals surface area contributed by atoms with Crippen LogP contribution in [0.3, 0.4) is 0 Å². The quantitative estimate of drug-likeness (QED) is 0.573. The first kappa shape index (κ1) is 17.7. The standard InChI is InChI=1S/C22H28N2O/c1-18-9-11-19(12-10-18)16-24-17-20(15-23-13-5-2-6-14-25)21-7-3-4-8-22(21)24/h3-4,7-12,17,23,25H,2,5-6,13-16H2,1H3. The lowest BCUT2D eigenvalue weighted by Gasteiger charge is -2.06. The van der Waals surface area contributed by atoms with Crippen LogP contribution in [0.1, 0.15) is 36.0 Å². The Morgan fingerprint density at radius 2 is 1.76 bits per heavy atom. The third kappa shape index (κ3) is 4.71. The number of aromatic nitrogens is 1. The molecular weight excluding hydrogens is 308 g/mol. The number of aryl methyl sites for hydroxylation is 1. The van der Waals surface area contributed by atoms with Crippen molar-refractivity contribution in [1.82, 2.24) is 9.88 Å². The van der Waals surface area contributed by atoms with Gasteiger partial charge >= 0.3 is 0 Å². The van der Waals surface area contributed by atoms with Gasteiger partial charge in [-0.15, -0.1) is 0 Å². The van der Waals surface area contributed by atoms with E-state index in [1.807, 2.05) is 0 Å². The van der Waals surface area contributed by atoms with Gasteiger partial charge in [-0.25, -0.2) is 0 Å². The molecule has 0 atom stereocenters. The van der Waals surface area contributed by atoms with E-state index in [2.05, 4.69) is 71.5 Å². The van der Waals surface area contributed by atoms with Gasteiger partial charge in [0.15, 0.2) is 0 Å². The highest BCUT2D eigenvalue weighted by molar-refractivity contribution is 5.84. The van der Waals surface area contributed by atoms with Gasteiger partial charge in [0.2, 0.25) is 0 Å². The largest absolute Gasteiger partial charge is 0.396 e. The maximum absolute atomic E-state index is 8.84. The summed E-state index contributed by atoms with van der Waals surface area (Å²) in [6.45, 7) is 5.21. The van der Waals surface area contributed by atoms with Crippen LogP contribution in [-0.2, 0) is 13.1 Å². The molecule has 0 fully saturated rings. The number of benzene rings is 2. The highest BCUT2D eigenvalue weighted by Crippen LogP contribution is 2.22. The lowest BCUT2D eigenvalue weighted by atomic mass is 10.1. The van der Waals surface area contributed by atoms with Gasteiger partial charge in [-0.05, 0) is 49.9 Å². The van der Waals surface area contributed by atoms with Crippen LogP contribution >= 0.6 is 0 Å². The number of aliphatic hydroxyl groups excluding tert-OH is 1. The normalized spacial score (nSPS) is 11.3.